The Balaban J connectivity index is 2.17. The van der Waals surface area contributed by atoms with E-state index in [-0.39, 0.29) is 0 Å². The number of hydrogen-bond donors (Lipinski definition) is 2. The summed E-state index contributed by atoms with van der Waals surface area (Å²) >= 11 is 0. The molecule has 0 bridgehead atoms. The molecule has 4 heteroatoms. The molecular formula is C14H20N2O2. The van der Waals surface area contributed by atoms with E-state index in [0.717, 1.165) is 37.4 Å². The highest BCUT2D eigenvalue weighted by molar-refractivity contribution is 5.91. The molecule has 98 valence electrons. The Morgan fingerprint density at radius 1 is 1.44 bits per heavy atom. The van der Waals surface area contributed by atoms with Crippen molar-refractivity contribution in [3.05, 3.63) is 23.8 Å². The monoisotopic (exact) mass is 248 g/mol. The smallest absolute Gasteiger partial charge is 0.335 e. The van der Waals surface area contributed by atoms with Gasteiger partial charge in [-0.05, 0) is 24.6 Å². The van der Waals surface area contributed by atoms with Gasteiger partial charge < -0.3 is 15.3 Å². The van der Waals surface area contributed by atoms with Crippen molar-refractivity contribution in [3.8, 4) is 0 Å². The van der Waals surface area contributed by atoms with Crippen LogP contribution in [-0.4, -0.2) is 30.7 Å². The van der Waals surface area contributed by atoms with Crippen molar-refractivity contribution in [2.45, 2.75) is 26.2 Å². The number of rotatable bonds is 5. The molecule has 0 saturated carbocycles. The minimum absolute atomic E-state index is 0.359. The Kier molecular flexibility index (Phi) is 4.07. The molecule has 1 aliphatic heterocycles. The molecule has 2 N–H and O–H groups in total. The van der Waals surface area contributed by atoms with Gasteiger partial charge in [0.05, 0.1) is 16.9 Å². The van der Waals surface area contributed by atoms with Crippen LogP contribution < -0.4 is 10.2 Å². The quantitative estimate of drug-likeness (QED) is 0.787. The summed E-state index contributed by atoms with van der Waals surface area (Å²) in [6.07, 6.45) is 3.58. The largest absolute Gasteiger partial charge is 0.478 e. The van der Waals surface area contributed by atoms with Crippen LogP contribution in [0.4, 0.5) is 11.4 Å². The van der Waals surface area contributed by atoms with Gasteiger partial charge in [0.2, 0.25) is 0 Å². The zero-order valence-corrected chi connectivity index (χ0v) is 10.8. The zero-order valence-electron chi connectivity index (χ0n) is 10.8. The fourth-order valence-corrected chi connectivity index (χ4v) is 2.31. The second kappa shape index (κ2) is 5.76. The van der Waals surface area contributed by atoms with Crippen LogP contribution in [0.5, 0.6) is 0 Å². The molecule has 0 amide bonds. The number of unbranched alkanes of at least 4 members (excludes halogenated alkanes) is 2. The highest BCUT2D eigenvalue weighted by Crippen LogP contribution is 2.30. The third kappa shape index (κ3) is 2.75. The lowest BCUT2D eigenvalue weighted by Crippen LogP contribution is -2.34. The van der Waals surface area contributed by atoms with Gasteiger partial charge >= 0.3 is 5.97 Å². The summed E-state index contributed by atoms with van der Waals surface area (Å²) in [7, 11) is 0. The lowest BCUT2D eigenvalue weighted by atomic mass is 10.1. The molecule has 0 aliphatic carbocycles. The summed E-state index contributed by atoms with van der Waals surface area (Å²) in [5, 5.41) is 12.4. The number of nitrogens with zero attached hydrogens (tertiary/aromatic N) is 1. The Hall–Kier alpha value is -1.71. The fraction of sp³-hybridized carbons (Fsp3) is 0.500. The van der Waals surface area contributed by atoms with Gasteiger partial charge in [-0.1, -0.05) is 19.8 Å². The van der Waals surface area contributed by atoms with Gasteiger partial charge in [0.1, 0.15) is 0 Å². The first-order chi connectivity index (χ1) is 8.72. The SMILES string of the molecule is CCCCCN1CCNc2ccc(C(=O)O)cc21. The van der Waals surface area contributed by atoms with Gasteiger partial charge in [-0.3, -0.25) is 0 Å². The lowest BCUT2D eigenvalue weighted by Gasteiger charge is -2.32. The predicted molar refractivity (Wildman–Crippen MR) is 73.6 cm³/mol. The standard InChI is InChI=1S/C14H20N2O2/c1-2-3-4-8-16-9-7-15-12-6-5-11(14(17)18)10-13(12)16/h5-6,10,15H,2-4,7-9H2,1H3,(H,17,18). The van der Waals surface area contributed by atoms with Gasteiger partial charge in [0.25, 0.3) is 0 Å². The first kappa shape index (κ1) is 12.7. The number of carbonyl (C=O) groups is 1. The minimum atomic E-state index is -0.864. The molecule has 0 radical (unpaired) electrons. The fourth-order valence-electron chi connectivity index (χ4n) is 2.31. The second-order valence-corrected chi connectivity index (χ2v) is 4.66. The van der Waals surface area contributed by atoms with E-state index in [9.17, 15) is 4.79 Å². The predicted octanol–water partition coefficient (Wildman–Crippen LogP) is 2.81. The summed E-state index contributed by atoms with van der Waals surface area (Å²) in [5.74, 6) is -0.864. The van der Waals surface area contributed by atoms with Crippen molar-refractivity contribution in [3.63, 3.8) is 0 Å². The van der Waals surface area contributed by atoms with E-state index < -0.39 is 5.97 Å². The molecule has 1 aromatic carbocycles. The van der Waals surface area contributed by atoms with Crippen LogP contribution in [0, 0.1) is 0 Å². The average Bonchev–Trinajstić information content (AvgIpc) is 2.38. The van der Waals surface area contributed by atoms with Crippen LogP contribution in [0.2, 0.25) is 0 Å². The summed E-state index contributed by atoms with van der Waals surface area (Å²) in [4.78, 5) is 13.3. The lowest BCUT2D eigenvalue weighted by molar-refractivity contribution is 0.0697. The highest BCUT2D eigenvalue weighted by Gasteiger charge is 2.17. The Morgan fingerprint density at radius 2 is 2.28 bits per heavy atom. The van der Waals surface area contributed by atoms with Crippen molar-refractivity contribution in [2.75, 3.05) is 29.9 Å². The molecule has 1 aliphatic rings. The van der Waals surface area contributed by atoms with Crippen LogP contribution in [0.15, 0.2) is 18.2 Å². The third-order valence-electron chi connectivity index (χ3n) is 3.31. The number of nitrogens with one attached hydrogen (secondary N) is 1. The number of benzene rings is 1. The van der Waals surface area contributed by atoms with E-state index >= 15 is 0 Å². The number of anilines is 2. The normalized spacial score (nSPS) is 13.9. The molecule has 0 spiro atoms. The van der Waals surface area contributed by atoms with Crippen molar-refractivity contribution in [1.82, 2.24) is 0 Å². The van der Waals surface area contributed by atoms with E-state index in [1.165, 1.54) is 12.8 Å². The summed E-state index contributed by atoms with van der Waals surface area (Å²) < 4.78 is 0. The molecule has 0 aromatic heterocycles. The van der Waals surface area contributed by atoms with E-state index in [4.69, 9.17) is 5.11 Å². The number of fused-ring (bicyclic) bond motifs is 1. The zero-order chi connectivity index (χ0) is 13.0. The van der Waals surface area contributed by atoms with Crippen molar-refractivity contribution < 1.29 is 9.90 Å². The second-order valence-electron chi connectivity index (χ2n) is 4.66. The number of carboxylic acid groups (broad SMARTS) is 1. The molecule has 4 nitrogen and oxygen atoms in total. The summed E-state index contributed by atoms with van der Waals surface area (Å²) in [6, 6.07) is 5.30. The molecule has 18 heavy (non-hydrogen) atoms. The molecule has 1 heterocycles. The van der Waals surface area contributed by atoms with Gasteiger partial charge in [0.15, 0.2) is 0 Å². The van der Waals surface area contributed by atoms with Crippen molar-refractivity contribution in [2.24, 2.45) is 0 Å². The topological polar surface area (TPSA) is 52.6 Å². The molecule has 0 fully saturated rings. The molecule has 0 unspecified atom stereocenters. The van der Waals surface area contributed by atoms with Crippen LogP contribution in [0.1, 0.15) is 36.5 Å². The third-order valence-corrected chi connectivity index (χ3v) is 3.31. The maximum absolute atomic E-state index is 11.0. The maximum Gasteiger partial charge on any atom is 0.335 e. The molecule has 2 rings (SSSR count). The van der Waals surface area contributed by atoms with Gasteiger partial charge in [-0.2, -0.15) is 0 Å². The summed E-state index contributed by atoms with van der Waals surface area (Å²) in [6.45, 7) is 5.06. The summed E-state index contributed by atoms with van der Waals surface area (Å²) in [5.41, 5.74) is 2.43. The van der Waals surface area contributed by atoms with Crippen molar-refractivity contribution >= 4 is 17.3 Å². The van der Waals surface area contributed by atoms with E-state index in [2.05, 4.69) is 17.1 Å². The van der Waals surface area contributed by atoms with Gasteiger partial charge in [-0.25, -0.2) is 4.79 Å². The first-order valence-electron chi connectivity index (χ1n) is 6.58. The van der Waals surface area contributed by atoms with Gasteiger partial charge in [0, 0.05) is 19.6 Å². The molecular weight excluding hydrogens is 228 g/mol. The minimum Gasteiger partial charge on any atom is -0.478 e. The van der Waals surface area contributed by atoms with E-state index in [1.807, 2.05) is 6.07 Å². The Bertz CT molecular complexity index is 432. The van der Waals surface area contributed by atoms with Crippen LogP contribution in [0.3, 0.4) is 0 Å². The Labute approximate surface area is 108 Å². The van der Waals surface area contributed by atoms with Crippen LogP contribution in [0.25, 0.3) is 0 Å². The van der Waals surface area contributed by atoms with Crippen LogP contribution >= 0.6 is 0 Å². The van der Waals surface area contributed by atoms with E-state index in [0.29, 0.717) is 5.56 Å². The average molecular weight is 248 g/mol. The van der Waals surface area contributed by atoms with Crippen molar-refractivity contribution in [1.29, 1.82) is 0 Å². The van der Waals surface area contributed by atoms with Gasteiger partial charge in [-0.15, -0.1) is 0 Å². The number of carboxylic acids is 1. The molecule has 1 aromatic rings. The van der Waals surface area contributed by atoms with Crippen LogP contribution in [-0.2, 0) is 0 Å². The highest BCUT2D eigenvalue weighted by atomic mass is 16.4. The Morgan fingerprint density at radius 3 is 3.00 bits per heavy atom. The molecule has 0 saturated heterocycles. The number of aromatic carboxylic acids is 1. The number of hydrogen-bond acceptors (Lipinski definition) is 3. The first-order valence-corrected chi connectivity index (χ1v) is 6.58. The van der Waals surface area contributed by atoms with E-state index in [1.54, 1.807) is 12.1 Å². The maximum atomic E-state index is 11.0. The molecule has 0 atom stereocenters.